The lowest BCUT2D eigenvalue weighted by molar-refractivity contribution is -0.120. The van der Waals surface area contributed by atoms with Gasteiger partial charge in [-0.25, -0.2) is 0 Å². The van der Waals surface area contributed by atoms with Gasteiger partial charge in [0.25, 0.3) is 0 Å². The molecule has 1 atom stereocenters. The molecule has 1 saturated heterocycles. The van der Waals surface area contributed by atoms with Crippen molar-refractivity contribution >= 4 is 35.6 Å². The number of halogens is 1. The summed E-state index contributed by atoms with van der Waals surface area (Å²) >= 11 is 0. The Kier molecular flexibility index (Phi) is 5.76. The number of anilines is 2. The minimum absolute atomic E-state index is 0. The van der Waals surface area contributed by atoms with E-state index >= 15 is 0 Å². The van der Waals surface area contributed by atoms with Gasteiger partial charge in [-0.05, 0) is 36.6 Å². The molecule has 0 radical (unpaired) electrons. The van der Waals surface area contributed by atoms with Gasteiger partial charge < -0.3 is 20.7 Å². The molecule has 0 aliphatic carbocycles. The SMILES string of the molecule is Cl.O=C1CCCc2cc(NC(=O)C3COCCN3)ccc2N1. The molecule has 1 unspecified atom stereocenters. The number of nitrogens with one attached hydrogen (secondary N) is 3. The van der Waals surface area contributed by atoms with E-state index in [9.17, 15) is 9.59 Å². The Labute approximate surface area is 135 Å². The molecule has 120 valence electrons. The van der Waals surface area contributed by atoms with Crippen LogP contribution in [-0.4, -0.2) is 37.6 Å². The third-order valence-corrected chi connectivity index (χ3v) is 3.73. The summed E-state index contributed by atoms with van der Waals surface area (Å²) in [5.74, 6) is -0.0404. The summed E-state index contributed by atoms with van der Waals surface area (Å²) in [6, 6.07) is 5.28. The monoisotopic (exact) mass is 325 g/mol. The molecule has 0 spiro atoms. The van der Waals surface area contributed by atoms with E-state index in [1.54, 1.807) is 0 Å². The molecule has 1 aromatic rings. The van der Waals surface area contributed by atoms with Crippen LogP contribution in [0.2, 0.25) is 0 Å². The number of morpholine rings is 1. The highest BCUT2D eigenvalue weighted by molar-refractivity contribution is 5.96. The summed E-state index contributed by atoms with van der Waals surface area (Å²) in [6.07, 6.45) is 2.20. The van der Waals surface area contributed by atoms with Crippen LogP contribution in [0.25, 0.3) is 0 Å². The van der Waals surface area contributed by atoms with Crippen LogP contribution in [0.1, 0.15) is 18.4 Å². The van der Waals surface area contributed by atoms with Crippen LogP contribution in [0.4, 0.5) is 11.4 Å². The van der Waals surface area contributed by atoms with Crippen molar-refractivity contribution in [2.45, 2.75) is 25.3 Å². The lowest BCUT2D eigenvalue weighted by Crippen LogP contribution is -2.48. The predicted octanol–water partition coefficient (Wildman–Crippen LogP) is 1.31. The Bertz CT molecular complexity index is 559. The number of carbonyl (C=O) groups is 2. The van der Waals surface area contributed by atoms with Crippen molar-refractivity contribution in [3.63, 3.8) is 0 Å². The Morgan fingerprint density at radius 1 is 1.32 bits per heavy atom. The molecule has 7 heteroatoms. The van der Waals surface area contributed by atoms with Crippen LogP contribution in [0.3, 0.4) is 0 Å². The first-order valence-corrected chi connectivity index (χ1v) is 7.27. The van der Waals surface area contributed by atoms with Crippen LogP contribution in [0.15, 0.2) is 18.2 Å². The highest BCUT2D eigenvalue weighted by Crippen LogP contribution is 2.25. The Morgan fingerprint density at radius 3 is 2.95 bits per heavy atom. The smallest absolute Gasteiger partial charge is 0.243 e. The third-order valence-electron chi connectivity index (χ3n) is 3.73. The fourth-order valence-corrected chi connectivity index (χ4v) is 2.62. The summed E-state index contributed by atoms with van der Waals surface area (Å²) in [5.41, 5.74) is 2.66. The number of carbonyl (C=O) groups excluding carboxylic acids is 2. The number of hydrogen-bond acceptors (Lipinski definition) is 4. The predicted molar refractivity (Wildman–Crippen MR) is 86.5 cm³/mol. The lowest BCUT2D eigenvalue weighted by Gasteiger charge is -2.23. The van der Waals surface area contributed by atoms with Crippen molar-refractivity contribution in [1.29, 1.82) is 0 Å². The van der Waals surface area contributed by atoms with Gasteiger partial charge in [0.05, 0.1) is 13.2 Å². The zero-order chi connectivity index (χ0) is 14.7. The van der Waals surface area contributed by atoms with Gasteiger partial charge in [0.2, 0.25) is 11.8 Å². The first kappa shape index (κ1) is 16.7. The molecule has 0 bridgehead atoms. The summed E-state index contributed by atoms with van der Waals surface area (Å²) in [4.78, 5) is 23.6. The molecule has 2 aliphatic rings. The standard InChI is InChI=1S/C15H19N3O3.ClH/c19-14-3-1-2-10-8-11(4-5-12(10)18-14)17-15(20)13-9-21-7-6-16-13;/h4-5,8,13,16H,1-3,6-7,9H2,(H,17,20)(H,18,19);1H. The molecule has 2 aliphatic heterocycles. The minimum Gasteiger partial charge on any atom is -0.378 e. The van der Waals surface area contributed by atoms with E-state index < -0.39 is 0 Å². The Balaban J connectivity index is 0.00000176. The normalized spacial score (nSPS) is 20.9. The number of hydrogen-bond donors (Lipinski definition) is 3. The topological polar surface area (TPSA) is 79.5 Å². The zero-order valence-electron chi connectivity index (χ0n) is 12.2. The molecule has 3 N–H and O–H groups in total. The van der Waals surface area contributed by atoms with Gasteiger partial charge in [0.1, 0.15) is 6.04 Å². The molecular weight excluding hydrogens is 306 g/mol. The average molecular weight is 326 g/mol. The second-order valence-corrected chi connectivity index (χ2v) is 5.34. The van der Waals surface area contributed by atoms with Gasteiger partial charge in [0.15, 0.2) is 0 Å². The summed E-state index contributed by atoms with van der Waals surface area (Å²) in [7, 11) is 0. The number of ether oxygens (including phenoxy) is 1. The molecular formula is C15H20ClN3O3. The maximum Gasteiger partial charge on any atom is 0.243 e. The largest absolute Gasteiger partial charge is 0.378 e. The maximum atomic E-state index is 12.1. The highest BCUT2D eigenvalue weighted by Gasteiger charge is 2.21. The quantitative estimate of drug-likeness (QED) is 0.766. The first-order valence-electron chi connectivity index (χ1n) is 7.27. The lowest BCUT2D eigenvalue weighted by atomic mass is 10.1. The average Bonchev–Trinajstić information content (AvgIpc) is 2.68. The van der Waals surface area contributed by atoms with Gasteiger partial charge in [-0.1, -0.05) is 0 Å². The van der Waals surface area contributed by atoms with Gasteiger partial charge in [-0.15, -0.1) is 12.4 Å². The second kappa shape index (κ2) is 7.58. The van der Waals surface area contributed by atoms with E-state index in [1.807, 2.05) is 18.2 Å². The number of aryl methyl sites for hydroxylation is 1. The Hall–Kier alpha value is -1.63. The Morgan fingerprint density at radius 2 is 2.18 bits per heavy atom. The van der Waals surface area contributed by atoms with Crippen LogP contribution in [0, 0.1) is 0 Å². The van der Waals surface area contributed by atoms with Gasteiger partial charge in [-0.3, -0.25) is 9.59 Å². The van der Waals surface area contributed by atoms with E-state index in [1.165, 1.54) is 0 Å². The van der Waals surface area contributed by atoms with E-state index in [2.05, 4.69) is 16.0 Å². The van der Waals surface area contributed by atoms with Crippen molar-refractivity contribution in [2.24, 2.45) is 0 Å². The molecule has 1 fully saturated rings. The zero-order valence-corrected chi connectivity index (χ0v) is 13.0. The number of benzene rings is 1. The van der Waals surface area contributed by atoms with Gasteiger partial charge >= 0.3 is 0 Å². The molecule has 0 saturated carbocycles. The van der Waals surface area contributed by atoms with Crippen LogP contribution in [0.5, 0.6) is 0 Å². The number of fused-ring (bicyclic) bond motifs is 1. The van der Waals surface area contributed by atoms with E-state index in [0.717, 1.165) is 29.8 Å². The highest BCUT2D eigenvalue weighted by atomic mass is 35.5. The molecule has 0 aromatic heterocycles. The van der Waals surface area contributed by atoms with Crippen molar-refractivity contribution in [3.8, 4) is 0 Å². The van der Waals surface area contributed by atoms with Crippen LogP contribution >= 0.6 is 12.4 Å². The summed E-state index contributed by atoms with van der Waals surface area (Å²) in [5, 5.41) is 8.90. The van der Waals surface area contributed by atoms with Crippen molar-refractivity contribution in [2.75, 3.05) is 30.4 Å². The van der Waals surface area contributed by atoms with E-state index in [4.69, 9.17) is 4.74 Å². The molecule has 22 heavy (non-hydrogen) atoms. The van der Waals surface area contributed by atoms with E-state index in [-0.39, 0.29) is 30.3 Å². The van der Waals surface area contributed by atoms with Gasteiger partial charge in [0, 0.05) is 24.3 Å². The summed E-state index contributed by atoms with van der Waals surface area (Å²) in [6.45, 7) is 1.73. The van der Waals surface area contributed by atoms with E-state index in [0.29, 0.717) is 26.2 Å². The van der Waals surface area contributed by atoms with Crippen molar-refractivity contribution in [3.05, 3.63) is 23.8 Å². The third kappa shape index (κ3) is 3.97. The summed E-state index contributed by atoms with van der Waals surface area (Å²) < 4.78 is 5.29. The minimum atomic E-state index is -0.308. The second-order valence-electron chi connectivity index (χ2n) is 5.34. The van der Waals surface area contributed by atoms with Gasteiger partial charge in [-0.2, -0.15) is 0 Å². The first-order chi connectivity index (χ1) is 10.2. The molecule has 1 aromatic carbocycles. The number of amides is 2. The van der Waals surface area contributed by atoms with Crippen LogP contribution < -0.4 is 16.0 Å². The van der Waals surface area contributed by atoms with Crippen molar-refractivity contribution < 1.29 is 14.3 Å². The van der Waals surface area contributed by atoms with Crippen LogP contribution in [-0.2, 0) is 20.7 Å². The fraction of sp³-hybridized carbons (Fsp3) is 0.467. The molecule has 2 amide bonds. The fourth-order valence-electron chi connectivity index (χ4n) is 2.62. The molecule has 2 heterocycles. The molecule has 3 rings (SSSR count). The number of rotatable bonds is 2. The maximum absolute atomic E-state index is 12.1. The van der Waals surface area contributed by atoms with Crippen molar-refractivity contribution in [1.82, 2.24) is 5.32 Å². The molecule has 6 nitrogen and oxygen atoms in total.